The van der Waals surface area contributed by atoms with Crippen molar-refractivity contribution >= 4 is 0 Å². The number of rotatable bonds is 16. The normalized spacial score (nSPS) is 18.8. The van der Waals surface area contributed by atoms with Crippen molar-refractivity contribution in [2.45, 2.75) is 132 Å². The lowest BCUT2D eigenvalue weighted by atomic mass is 9.83. The van der Waals surface area contributed by atoms with E-state index in [0.717, 1.165) is 54.1 Å². The van der Waals surface area contributed by atoms with Gasteiger partial charge in [-0.05, 0) is 93.4 Å². The van der Waals surface area contributed by atoms with Gasteiger partial charge in [-0.25, -0.2) is 0 Å². The molecule has 3 unspecified atom stereocenters. The fraction of sp³-hybridized carbons (Fsp3) is 0.806. The number of nitrogens with zero attached hydrogens (tertiary/aromatic N) is 3. The van der Waals surface area contributed by atoms with Crippen LogP contribution in [0.3, 0.4) is 0 Å². The zero-order valence-electron chi connectivity index (χ0n) is 24.6. The maximum Gasteiger partial charge on any atom is 0.127 e. The molecule has 0 spiro atoms. The number of ether oxygens (including phenoxy) is 2. The Morgan fingerprint density at radius 1 is 0.917 bits per heavy atom. The molecule has 0 radical (unpaired) electrons. The van der Waals surface area contributed by atoms with E-state index >= 15 is 0 Å². The standard InChI is InChI=1S/C31H53N3O2/c1-22(2)12-9-13-23(3)14-10-15-24(4)16-11-18-31(8)19-17-28-27(7)29(35-21-20-33-34-32)25(5)26(6)30(28)36-31/h22-24H,9-21H2,1-8H3. The van der Waals surface area contributed by atoms with Gasteiger partial charge in [0.15, 0.2) is 0 Å². The van der Waals surface area contributed by atoms with Crippen molar-refractivity contribution in [3.05, 3.63) is 32.7 Å². The first-order valence-corrected chi connectivity index (χ1v) is 14.5. The van der Waals surface area contributed by atoms with Gasteiger partial charge in [0.2, 0.25) is 0 Å². The summed E-state index contributed by atoms with van der Waals surface area (Å²) in [6, 6.07) is 0. The van der Waals surface area contributed by atoms with Crippen LogP contribution >= 0.6 is 0 Å². The summed E-state index contributed by atoms with van der Waals surface area (Å²) in [6.07, 6.45) is 14.0. The predicted octanol–water partition coefficient (Wildman–Crippen LogP) is 9.82. The van der Waals surface area contributed by atoms with Crippen LogP contribution in [-0.4, -0.2) is 18.8 Å². The van der Waals surface area contributed by atoms with Crippen LogP contribution in [0.25, 0.3) is 10.4 Å². The molecule has 0 fully saturated rings. The van der Waals surface area contributed by atoms with Gasteiger partial charge >= 0.3 is 0 Å². The van der Waals surface area contributed by atoms with Crippen molar-refractivity contribution in [3.63, 3.8) is 0 Å². The highest BCUT2D eigenvalue weighted by Crippen LogP contribution is 2.45. The van der Waals surface area contributed by atoms with E-state index in [1.54, 1.807) is 0 Å². The molecule has 1 aliphatic heterocycles. The van der Waals surface area contributed by atoms with E-state index in [-0.39, 0.29) is 5.60 Å². The first kappa shape index (κ1) is 30.4. The van der Waals surface area contributed by atoms with E-state index in [1.807, 2.05) is 0 Å². The van der Waals surface area contributed by atoms with E-state index < -0.39 is 0 Å². The molecule has 36 heavy (non-hydrogen) atoms. The molecule has 2 rings (SSSR count). The van der Waals surface area contributed by atoms with Gasteiger partial charge in [-0.3, -0.25) is 0 Å². The molecule has 0 amide bonds. The van der Waals surface area contributed by atoms with Crippen molar-refractivity contribution < 1.29 is 9.47 Å². The zero-order valence-corrected chi connectivity index (χ0v) is 24.6. The number of fused-ring (bicyclic) bond motifs is 1. The van der Waals surface area contributed by atoms with Crippen LogP contribution in [0, 0.1) is 38.5 Å². The molecule has 1 aliphatic rings. The molecule has 0 aliphatic carbocycles. The Bertz CT molecular complexity index is 875. The van der Waals surface area contributed by atoms with Crippen LogP contribution in [0.2, 0.25) is 0 Å². The second-order valence-electron chi connectivity index (χ2n) is 12.2. The second-order valence-corrected chi connectivity index (χ2v) is 12.2. The average Bonchev–Trinajstić information content (AvgIpc) is 2.82. The molecule has 0 saturated carbocycles. The highest BCUT2D eigenvalue weighted by atomic mass is 16.5. The van der Waals surface area contributed by atoms with Gasteiger partial charge in [-0.15, -0.1) is 0 Å². The lowest BCUT2D eigenvalue weighted by molar-refractivity contribution is 0.0511. The number of hydrogen-bond acceptors (Lipinski definition) is 3. The number of benzene rings is 1. The van der Waals surface area contributed by atoms with Crippen molar-refractivity contribution in [1.82, 2.24) is 0 Å². The lowest BCUT2D eigenvalue weighted by Gasteiger charge is -2.38. The summed E-state index contributed by atoms with van der Waals surface area (Å²) in [5, 5.41) is 3.59. The van der Waals surface area contributed by atoms with Crippen LogP contribution < -0.4 is 9.47 Å². The Morgan fingerprint density at radius 3 is 2.14 bits per heavy atom. The molecule has 0 aromatic heterocycles. The van der Waals surface area contributed by atoms with E-state index in [4.69, 9.17) is 15.0 Å². The quantitative estimate of drug-likeness (QED) is 0.0982. The largest absolute Gasteiger partial charge is 0.493 e. The number of hydrogen-bond donors (Lipinski definition) is 0. The SMILES string of the molecule is Cc1c(C)c2c(c(C)c1OCCN=[N+]=[N-])CCC(C)(CCCC(C)CCCC(C)CCCC(C)C)O2. The second kappa shape index (κ2) is 14.8. The van der Waals surface area contributed by atoms with Gasteiger partial charge in [-0.2, -0.15) is 0 Å². The third-order valence-electron chi connectivity index (χ3n) is 8.34. The lowest BCUT2D eigenvalue weighted by Crippen LogP contribution is -2.37. The van der Waals surface area contributed by atoms with Crippen LogP contribution in [0.15, 0.2) is 5.11 Å². The molecule has 1 aromatic rings. The maximum atomic E-state index is 8.50. The van der Waals surface area contributed by atoms with Gasteiger partial charge in [0.25, 0.3) is 0 Å². The van der Waals surface area contributed by atoms with E-state index in [2.05, 4.69) is 65.4 Å². The van der Waals surface area contributed by atoms with Gasteiger partial charge in [0.1, 0.15) is 17.1 Å². The molecule has 5 nitrogen and oxygen atoms in total. The van der Waals surface area contributed by atoms with E-state index in [1.165, 1.54) is 68.1 Å². The Balaban J connectivity index is 1.83. The fourth-order valence-electron chi connectivity index (χ4n) is 5.71. The van der Waals surface area contributed by atoms with Crippen molar-refractivity contribution in [1.29, 1.82) is 0 Å². The summed E-state index contributed by atoms with van der Waals surface area (Å²) in [5.41, 5.74) is 13.2. The minimum absolute atomic E-state index is 0.0921. The Morgan fingerprint density at radius 2 is 1.53 bits per heavy atom. The first-order valence-electron chi connectivity index (χ1n) is 14.5. The van der Waals surface area contributed by atoms with Crippen molar-refractivity contribution in [3.8, 4) is 11.5 Å². The van der Waals surface area contributed by atoms with Crippen LogP contribution in [0.5, 0.6) is 11.5 Å². The average molecular weight is 500 g/mol. The van der Waals surface area contributed by atoms with E-state index in [9.17, 15) is 0 Å². The minimum atomic E-state index is -0.0921. The van der Waals surface area contributed by atoms with Gasteiger partial charge < -0.3 is 9.47 Å². The van der Waals surface area contributed by atoms with Gasteiger partial charge in [0.05, 0.1) is 13.2 Å². The topological polar surface area (TPSA) is 67.2 Å². The molecular weight excluding hydrogens is 446 g/mol. The molecule has 3 atom stereocenters. The predicted molar refractivity (Wildman–Crippen MR) is 152 cm³/mol. The minimum Gasteiger partial charge on any atom is -0.493 e. The van der Waals surface area contributed by atoms with Crippen LogP contribution in [-0.2, 0) is 6.42 Å². The van der Waals surface area contributed by atoms with Gasteiger partial charge in [-0.1, -0.05) is 77.8 Å². The number of azide groups is 1. The summed E-state index contributed by atoms with van der Waals surface area (Å²) in [7, 11) is 0. The third-order valence-corrected chi connectivity index (χ3v) is 8.34. The van der Waals surface area contributed by atoms with Crippen molar-refractivity contribution in [2.75, 3.05) is 13.2 Å². The van der Waals surface area contributed by atoms with Crippen LogP contribution in [0.4, 0.5) is 0 Å². The highest BCUT2D eigenvalue weighted by Gasteiger charge is 2.34. The molecule has 0 N–H and O–H groups in total. The monoisotopic (exact) mass is 499 g/mol. The molecular formula is C31H53N3O2. The van der Waals surface area contributed by atoms with Crippen molar-refractivity contribution in [2.24, 2.45) is 22.9 Å². The molecule has 1 aromatic carbocycles. The molecule has 0 saturated heterocycles. The summed E-state index contributed by atoms with van der Waals surface area (Å²) >= 11 is 0. The third kappa shape index (κ3) is 9.21. The van der Waals surface area contributed by atoms with E-state index in [0.29, 0.717) is 13.2 Å². The molecule has 5 heteroatoms. The Kier molecular flexibility index (Phi) is 12.4. The Labute approximate surface area is 221 Å². The zero-order chi connectivity index (χ0) is 26.7. The molecule has 0 bridgehead atoms. The smallest absolute Gasteiger partial charge is 0.127 e. The maximum absolute atomic E-state index is 8.50. The Hall–Kier alpha value is -1.87. The summed E-state index contributed by atoms with van der Waals surface area (Å²) in [4.78, 5) is 2.81. The summed E-state index contributed by atoms with van der Waals surface area (Å²) in [5.74, 6) is 4.50. The first-order chi connectivity index (χ1) is 17.1. The summed E-state index contributed by atoms with van der Waals surface area (Å²) in [6.45, 7) is 19.0. The fourth-order valence-corrected chi connectivity index (χ4v) is 5.71. The molecule has 204 valence electrons. The molecule has 1 heterocycles. The van der Waals surface area contributed by atoms with Crippen LogP contribution in [0.1, 0.15) is 121 Å². The van der Waals surface area contributed by atoms with Gasteiger partial charge in [0, 0.05) is 10.5 Å². The highest BCUT2D eigenvalue weighted by molar-refractivity contribution is 5.59. The summed E-state index contributed by atoms with van der Waals surface area (Å²) < 4.78 is 12.8.